The number of rotatable bonds is 5. The van der Waals surface area contributed by atoms with Gasteiger partial charge in [0.2, 0.25) is 0 Å². The van der Waals surface area contributed by atoms with Crippen molar-refractivity contribution >= 4 is 29.1 Å². The van der Waals surface area contributed by atoms with Crippen molar-refractivity contribution in [3.8, 4) is 22.3 Å². The van der Waals surface area contributed by atoms with Crippen molar-refractivity contribution in [2.24, 2.45) is 0 Å². The molecule has 0 radical (unpaired) electrons. The Hall–Kier alpha value is -2.25. The molecule has 152 valence electrons. The average molecular weight is 437 g/mol. The molecule has 1 heterocycles. The highest BCUT2D eigenvalue weighted by atomic mass is 32.2. The van der Waals surface area contributed by atoms with E-state index in [0.29, 0.717) is 16.9 Å². The van der Waals surface area contributed by atoms with E-state index in [1.807, 2.05) is 42.7 Å². The average Bonchev–Trinajstić information content (AvgIpc) is 3.06. The van der Waals surface area contributed by atoms with Gasteiger partial charge in [-0.1, -0.05) is 42.5 Å². The largest absolute Gasteiger partial charge is 0.462 e. The molecule has 0 aliphatic carbocycles. The minimum atomic E-state index is -4.52. The zero-order valence-electron chi connectivity index (χ0n) is 16.1. The van der Waals surface area contributed by atoms with Crippen molar-refractivity contribution in [1.82, 2.24) is 0 Å². The first-order chi connectivity index (χ1) is 13.8. The van der Waals surface area contributed by atoms with Gasteiger partial charge in [-0.25, -0.2) is 4.79 Å². The monoisotopic (exact) mass is 436 g/mol. The molecule has 0 saturated carbocycles. The van der Waals surface area contributed by atoms with Crippen LogP contribution in [0.5, 0.6) is 0 Å². The molecule has 0 N–H and O–H groups in total. The van der Waals surface area contributed by atoms with Crippen molar-refractivity contribution < 1.29 is 22.7 Å². The van der Waals surface area contributed by atoms with E-state index in [2.05, 4.69) is 0 Å². The highest BCUT2D eigenvalue weighted by Gasteiger charge is 2.38. The molecule has 0 saturated heterocycles. The summed E-state index contributed by atoms with van der Waals surface area (Å²) in [6.07, 6.45) is -2.53. The van der Waals surface area contributed by atoms with Crippen LogP contribution in [0.4, 0.5) is 13.2 Å². The fraction of sp³-hybridized carbons (Fsp3) is 0.227. The predicted molar refractivity (Wildman–Crippen MR) is 113 cm³/mol. The summed E-state index contributed by atoms with van der Waals surface area (Å²) in [5.41, 5.74) is 2.89. The topological polar surface area (TPSA) is 26.3 Å². The van der Waals surface area contributed by atoms with Crippen molar-refractivity contribution in [1.29, 1.82) is 0 Å². The summed E-state index contributed by atoms with van der Waals surface area (Å²) in [6.45, 7) is 3.12. The number of thioether (sulfide) groups is 1. The van der Waals surface area contributed by atoms with Gasteiger partial charge >= 0.3 is 12.1 Å². The van der Waals surface area contributed by atoms with E-state index in [0.717, 1.165) is 16.0 Å². The summed E-state index contributed by atoms with van der Waals surface area (Å²) in [5.74, 6) is -0.733. The maximum absolute atomic E-state index is 13.4. The van der Waals surface area contributed by atoms with Gasteiger partial charge in [0.25, 0.3) is 0 Å². The SMILES string of the molecule is CCOC(=O)c1sc(C(F)(F)F)c(C)c1-c1ccc(-c2ccccc2SC)cc1. The molecule has 2 aromatic carbocycles. The van der Waals surface area contributed by atoms with E-state index in [9.17, 15) is 18.0 Å². The molecule has 3 aromatic rings. The molecule has 7 heteroatoms. The minimum Gasteiger partial charge on any atom is -0.462 e. The van der Waals surface area contributed by atoms with Crippen LogP contribution in [0.1, 0.15) is 27.0 Å². The van der Waals surface area contributed by atoms with Crippen LogP contribution in [-0.2, 0) is 10.9 Å². The van der Waals surface area contributed by atoms with Gasteiger partial charge in [-0.15, -0.1) is 23.1 Å². The summed E-state index contributed by atoms with van der Waals surface area (Å²) in [4.78, 5) is 12.6. The zero-order chi connectivity index (χ0) is 21.2. The Balaban J connectivity index is 2.10. The fourth-order valence-electron chi connectivity index (χ4n) is 3.17. The minimum absolute atomic E-state index is 0.0195. The van der Waals surface area contributed by atoms with E-state index in [1.165, 1.54) is 6.92 Å². The molecule has 2 nitrogen and oxygen atoms in total. The fourth-order valence-corrected chi connectivity index (χ4v) is 4.88. The van der Waals surface area contributed by atoms with Crippen LogP contribution < -0.4 is 0 Å². The Morgan fingerprint density at radius 3 is 2.28 bits per heavy atom. The second kappa shape index (κ2) is 8.63. The smallest absolute Gasteiger partial charge is 0.425 e. The molecule has 0 atom stereocenters. The maximum Gasteiger partial charge on any atom is 0.425 e. The number of carbonyl (C=O) groups is 1. The normalized spacial score (nSPS) is 11.5. The number of carbonyl (C=O) groups excluding carboxylic acids is 1. The number of hydrogen-bond acceptors (Lipinski definition) is 4. The van der Waals surface area contributed by atoms with Crippen molar-refractivity contribution in [3.63, 3.8) is 0 Å². The van der Waals surface area contributed by atoms with Gasteiger partial charge in [-0.3, -0.25) is 0 Å². The second-order valence-corrected chi connectivity index (χ2v) is 8.12. The van der Waals surface area contributed by atoms with Crippen molar-refractivity contribution in [2.75, 3.05) is 12.9 Å². The van der Waals surface area contributed by atoms with Crippen LogP contribution in [0.15, 0.2) is 53.4 Å². The van der Waals surface area contributed by atoms with Crippen LogP contribution in [0.25, 0.3) is 22.3 Å². The summed E-state index contributed by atoms with van der Waals surface area (Å²) >= 11 is 2.07. The Kier molecular flexibility index (Phi) is 6.39. The van der Waals surface area contributed by atoms with Gasteiger partial charge in [-0.05, 0) is 48.4 Å². The van der Waals surface area contributed by atoms with Gasteiger partial charge < -0.3 is 4.74 Å². The van der Waals surface area contributed by atoms with E-state index in [1.54, 1.807) is 30.8 Å². The Morgan fingerprint density at radius 2 is 1.69 bits per heavy atom. The van der Waals surface area contributed by atoms with E-state index >= 15 is 0 Å². The molecular formula is C22H19F3O2S2. The lowest BCUT2D eigenvalue weighted by atomic mass is 9.97. The van der Waals surface area contributed by atoms with E-state index in [-0.39, 0.29) is 22.6 Å². The van der Waals surface area contributed by atoms with Gasteiger partial charge in [0.05, 0.1) is 6.61 Å². The maximum atomic E-state index is 13.4. The Bertz CT molecular complexity index is 1020. The molecule has 0 spiro atoms. The number of benzene rings is 2. The number of esters is 1. The molecule has 0 amide bonds. The van der Waals surface area contributed by atoms with Crippen LogP contribution in [0.2, 0.25) is 0 Å². The highest BCUT2D eigenvalue weighted by molar-refractivity contribution is 7.98. The highest BCUT2D eigenvalue weighted by Crippen LogP contribution is 2.45. The van der Waals surface area contributed by atoms with Crippen LogP contribution >= 0.6 is 23.1 Å². The molecule has 0 aliphatic heterocycles. The molecule has 0 aliphatic rings. The van der Waals surface area contributed by atoms with Crippen molar-refractivity contribution in [3.05, 3.63) is 63.8 Å². The van der Waals surface area contributed by atoms with Gasteiger partial charge in [0.15, 0.2) is 0 Å². The van der Waals surface area contributed by atoms with Crippen LogP contribution in [0, 0.1) is 6.92 Å². The molecule has 3 rings (SSSR count). The quantitative estimate of drug-likeness (QED) is 0.310. The standard InChI is InChI=1S/C22H19F3O2S2/c1-4-27-21(26)19-18(13(2)20(29-19)22(23,24)25)15-11-9-14(10-12-15)16-7-5-6-8-17(16)28-3/h5-12H,4H2,1-3H3. The lowest BCUT2D eigenvalue weighted by Gasteiger charge is -2.10. The summed E-state index contributed by atoms with van der Waals surface area (Å²) in [7, 11) is 0. The lowest BCUT2D eigenvalue weighted by molar-refractivity contribution is -0.134. The molecule has 1 aromatic heterocycles. The summed E-state index contributed by atoms with van der Waals surface area (Å²) in [6, 6.07) is 15.2. The number of alkyl halides is 3. The van der Waals surface area contributed by atoms with E-state index in [4.69, 9.17) is 4.74 Å². The third-order valence-electron chi connectivity index (χ3n) is 4.46. The zero-order valence-corrected chi connectivity index (χ0v) is 17.7. The first kappa shape index (κ1) is 21.5. The number of thiophene rings is 1. The third-order valence-corrected chi connectivity index (χ3v) is 6.57. The lowest BCUT2D eigenvalue weighted by Crippen LogP contribution is -2.03. The van der Waals surface area contributed by atoms with E-state index < -0.39 is 17.0 Å². The molecule has 29 heavy (non-hydrogen) atoms. The molecule has 0 fully saturated rings. The summed E-state index contributed by atoms with van der Waals surface area (Å²) < 4.78 is 45.3. The van der Waals surface area contributed by atoms with Crippen LogP contribution in [-0.4, -0.2) is 18.8 Å². The molecule has 0 unspecified atom stereocenters. The molecule has 0 bridgehead atoms. The first-order valence-corrected chi connectivity index (χ1v) is 10.9. The first-order valence-electron chi connectivity index (χ1n) is 8.89. The molecular weight excluding hydrogens is 417 g/mol. The number of ether oxygens (including phenoxy) is 1. The van der Waals surface area contributed by atoms with Gasteiger partial charge in [0.1, 0.15) is 9.75 Å². The van der Waals surface area contributed by atoms with Crippen LogP contribution in [0.3, 0.4) is 0 Å². The van der Waals surface area contributed by atoms with Gasteiger partial charge in [0, 0.05) is 10.5 Å². The van der Waals surface area contributed by atoms with Crippen molar-refractivity contribution in [2.45, 2.75) is 24.9 Å². The third kappa shape index (κ3) is 4.36. The predicted octanol–water partition coefficient (Wildman–Crippen LogP) is 7.31. The summed E-state index contributed by atoms with van der Waals surface area (Å²) in [5, 5.41) is 0. The number of halogens is 3. The van der Waals surface area contributed by atoms with Gasteiger partial charge in [-0.2, -0.15) is 13.2 Å². The second-order valence-electron chi connectivity index (χ2n) is 6.26. The Labute approximate surface area is 175 Å². The number of hydrogen-bond donors (Lipinski definition) is 0. The Morgan fingerprint density at radius 1 is 1.07 bits per heavy atom.